The molecule has 23 heavy (non-hydrogen) atoms. The lowest BCUT2D eigenvalue weighted by molar-refractivity contribution is 0.0595. The number of aryl methyl sites for hydroxylation is 2. The highest BCUT2D eigenvalue weighted by atomic mass is 16.5. The maximum Gasteiger partial charge on any atom is 0.360 e. The van der Waals surface area contributed by atoms with Crippen LogP contribution in [-0.2, 0) is 4.74 Å². The lowest BCUT2D eigenvalue weighted by atomic mass is 10.1. The molecule has 1 heterocycles. The number of nitrogens with zero attached hydrogens (tertiary/aromatic N) is 2. The summed E-state index contributed by atoms with van der Waals surface area (Å²) in [4.78, 5) is 32.4. The highest BCUT2D eigenvalue weighted by Crippen LogP contribution is 2.21. The molecule has 0 bridgehead atoms. The van der Waals surface area contributed by atoms with Crippen LogP contribution in [0, 0.1) is 13.8 Å². The Morgan fingerprint density at radius 3 is 2.30 bits per heavy atom. The molecule has 2 aromatic rings. The van der Waals surface area contributed by atoms with Gasteiger partial charge in [0.2, 0.25) is 0 Å². The normalized spacial score (nSPS) is 10.4. The van der Waals surface area contributed by atoms with Crippen LogP contribution in [0.3, 0.4) is 0 Å². The third kappa shape index (κ3) is 3.74. The SMILES string of the molecule is CCCNC(=O)Nc1nc2cc(C)c(C)cc2nc1C(=O)OC. The Bertz CT molecular complexity index is 759. The molecular formula is C16H20N4O3. The van der Waals surface area contributed by atoms with Crippen LogP contribution in [0.2, 0.25) is 0 Å². The van der Waals surface area contributed by atoms with Crippen molar-refractivity contribution in [3.8, 4) is 0 Å². The number of anilines is 1. The van der Waals surface area contributed by atoms with E-state index in [1.54, 1.807) is 0 Å². The van der Waals surface area contributed by atoms with E-state index >= 15 is 0 Å². The van der Waals surface area contributed by atoms with Gasteiger partial charge in [-0.05, 0) is 43.5 Å². The Labute approximate surface area is 134 Å². The second kappa shape index (κ2) is 7.04. The third-order valence-corrected chi connectivity index (χ3v) is 3.43. The van der Waals surface area contributed by atoms with Gasteiger partial charge in [-0.2, -0.15) is 0 Å². The van der Waals surface area contributed by atoms with Gasteiger partial charge in [-0.25, -0.2) is 19.6 Å². The van der Waals surface area contributed by atoms with E-state index in [-0.39, 0.29) is 11.5 Å². The molecule has 0 atom stereocenters. The van der Waals surface area contributed by atoms with Crippen LogP contribution in [0.15, 0.2) is 12.1 Å². The van der Waals surface area contributed by atoms with Gasteiger partial charge >= 0.3 is 12.0 Å². The molecule has 0 fully saturated rings. The number of methoxy groups -OCH3 is 1. The van der Waals surface area contributed by atoms with Crippen molar-refractivity contribution >= 4 is 28.9 Å². The maximum absolute atomic E-state index is 11.9. The molecule has 7 heteroatoms. The van der Waals surface area contributed by atoms with E-state index in [0.717, 1.165) is 17.5 Å². The first-order chi connectivity index (χ1) is 11.0. The number of rotatable bonds is 4. The largest absolute Gasteiger partial charge is 0.464 e. The van der Waals surface area contributed by atoms with Gasteiger partial charge in [0.25, 0.3) is 0 Å². The molecule has 0 aliphatic carbocycles. The van der Waals surface area contributed by atoms with Crippen molar-refractivity contribution in [1.29, 1.82) is 0 Å². The van der Waals surface area contributed by atoms with Crippen molar-refractivity contribution in [3.63, 3.8) is 0 Å². The standard InChI is InChI=1S/C16H20N4O3/c1-5-6-17-16(22)20-14-13(15(21)23-4)18-11-7-9(2)10(3)8-12(11)19-14/h7-8H,5-6H2,1-4H3,(H2,17,19,20,22). The molecule has 1 aromatic heterocycles. The lowest BCUT2D eigenvalue weighted by Gasteiger charge is -2.11. The Kier molecular flexibility index (Phi) is 5.10. The minimum absolute atomic E-state index is 0.0186. The van der Waals surface area contributed by atoms with Crippen LogP contribution in [0.1, 0.15) is 35.0 Å². The molecule has 0 aliphatic rings. The summed E-state index contributed by atoms with van der Waals surface area (Å²) in [5.41, 5.74) is 3.26. The fraction of sp³-hybridized carbons (Fsp3) is 0.375. The smallest absolute Gasteiger partial charge is 0.360 e. The minimum Gasteiger partial charge on any atom is -0.464 e. The molecule has 0 radical (unpaired) electrons. The van der Waals surface area contributed by atoms with Crippen LogP contribution in [0.5, 0.6) is 0 Å². The number of hydrogen-bond donors (Lipinski definition) is 2. The molecule has 0 spiro atoms. The number of carbonyl (C=O) groups is 2. The summed E-state index contributed by atoms with van der Waals surface area (Å²) in [7, 11) is 1.26. The second-order valence-corrected chi connectivity index (χ2v) is 5.22. The van der Waals surface area contributed by atoms with E-state index in [1.807, 2.05) is 32.9 Å². The number of carbonyl (C=O) groups excluding carboxylic acids is 2. The number of benzene rings is 1. The molecule has 2 rings (SSSR count). The monoisotopic (exact) mass is 316 g/mol. The van der Waals surface area contributed by atoms with Gasteiger partial charge in [0, 0.05) is 6.54 Å². The number of hydrogen-bond acceptors (Lipinski definition) is 5. The minimum atomic E-state index is -0.650. The Hall–Kier alpha value is -2.70. The fourth-order valence-electron chi connectivity index (χ4n) is 2.03. The van der Waals surface area contributed by atoms with E-state index in [9.17, 15) is 9.59 Å². The average molecular weight is 316 g/mol. The average Bonchev–Trinajstić information content (AvgIpc) is 2.53. The maximum atomic E-state index is 11.9. The van der Waals surface area contributed by atoms with Crippen molar-refractivity contribution in [2.24, 2.45) is 0 Å². The number of amides is 2. The Morgan fingerprint density at radius 2 is 1.74 bits per heavy atom. The molecule has 7 nitrogen and oxygen atoms in total. The summed E-state index contributed by atoms with van der Waals surface area (Å²) in [6.45, 7) is 6.39. The number of ether oxygens (including phenoxy) is 1. The summed E-state index contributed by atoms with van der Waals surface area (Å²) < 4.78 is 4.73. The van der Waals surface area contributed by atoms with Gasteiger partial charge in [0.15, 0.2) is 11.5 Å². The summed E-state index contributed by atoms with van der Waals surface area (Å²) in [6, 6.07) is 3.29. The number of aromatic nitrogens is 2. The number of nitrogens with one attached hydrogen (secondary N) is 2. The van der Waals surface area contributed by atoms with Crippen molar-refractivity contribution in [2.45, 2.75) is 27.2 Å². The first-order valence-corrected chi connectivity index (χ1v) is 7.38. The van der Waals surface area contributed by atoms with E-state index in [0.29, 0.717) is 17.6 Å². The van der Waals surface area contributed by atoms with Gasteiger partial charge in [0.1, 0.15) is 0 Å². The lowest BCUT2D eigenvalue weighted by Crippen LogP contribution is -2.30. The molecular weight excluding hydrogens is 296 g/mol. The zero-order valence-corrected chi connectivity index (χ0v) is 13.7. The van der Waals surface area contributed by atoms with E-state index in [2.05, 4.69) is 20.6 Å². The molecule has 2 N–H and O–H groups in total. The Balaban J connectivity index is 2.49. The van der Waals surface area contributed by atoms with Gasteiger partial charge < -0.3 is 10.1 Å². The molecule has 0 saturated heterocycles. The van der Waals surface area contributed by atoms with Gasteiger partial charge in [-0.15, -0.1) is 0 Å². The number of urea groups is 1. The summed E-state index contributed by atoms with van der Waals surface area (Å²) in [5, 5.41) is 5.23. The fourth-order valence-corrected chi connectivity index (χ4v) is 2.03. The highest BCUT2D eigenvalue weighted by molar-refractivity contribution is 6.00. The van der Waals surface area contributed by atoms with Gasteiger partial charge in [0.05, 0.1) is 18.1 Å². The van der Waals surface area contributed by atoms with E-state index < -0.39 is 12.0 Å². The van der Waals surface area contributed by atoms with Crippen LogP contribution < -0.4 is 10.6 Å². The predicted molar refractivity (Wildman–Crippen MR) is 87.7 cm³/mol. The first kappa shape index (κ1) is 16.7. The Morgan fingerprint density at radius 1 is 1.13 bits per heavy atom. The van der Waals surface area contributed by atoms with Gasteiger partial charge in [-0.3, -0.25) is 5.32 Å². The van der Waals surface area contributed by atoms with E-state index in [4.69, 9.17) is 4.74 Å². The topological polar surface area (TPSA) is 93.2 Å². The zero-order valence-electron chi connectivity index (χ0n) is 13.7. The van der Waals surface area contributed by atoms with Crippen molar-refractivity contribution < 1.29 is 14.3 Å². The van der Waals surface area contributed by atoms with E-state index in [1.165, 1.54) is 7.11 Å². The first-order valence-electron chi connectivity index (χ1n) is 7.38. The second-order valence-electron chi connectivity index (χ2n) is 5.22. The predicted octanol–water partition coefficient (Wildman–Crippen LogP) is 2.56. The van der Waals surface area contributed by atoms with Gasteiger partial charge in [-0.1, -0.05) is 6.92 Å². The summed E-state index contributed by atoms with van der Waals surface area (Å²) in [6.07, 6.45) is 0.805. The van der Waals surface area contributed by atoms with Crippen molar-refractivity contribution in [2.75, 3.05) is 19.0 Å². The molecule has 2 amide bonds. The molecule has 0 saturated carbocycles. The third-order valence-electron chi connectivity index (χ3n) is 3.43. The van der Waals surface area contributed by atoms with Crippen LogP contribution in [-0.4, -0.2) is 35.6 Å². The summed E-state index contributed by atoms with van der Waals surface area (Å²) >= 11 is 0. The molecule has 0 unspecified atom stereocenters. The zero-order chi connectivity index (χ0) is 17.0. The highest BCUT2D eigenvalue weighted by Gasteiger charge is 2.19. The van der Waals surface area contributed by atoms with Crippen LogP contribution >= 0.6 is 0 Å². The van der Waals surface area contributed by atoms with Crippen molar-refractivity contribution in [1.82, 2.24) is 15.3 Å². The van der Waals surface area contributed by atoms with Crippen LogP contribution in [0.25, 0.3) is 11.0 Å². The molecule has 122 valence electrons. The quantitative estimate of drug-likeness (QED) is 0.846. The van der Waals surface area contributed by atoms with Crippen LogP contribution in [0.4, 0.5) is 10.6 Å². The molecule has 1 aromatic carbocycles. The van der Waals surface area contributed by atoms with Crippen molar-refractivity contribution in [3.05, 3.63) is 29.0 Å². The number of esters is 1. The summed E-state index contributed by atoms with van der Waals surface area (Å²) in [5.74, 6) is -0.565. The number of fused-ring (bicyclic) bond motifs is 1. The molecule has 0 aliphatic heterocycles.